The third-order valence-corrected chi connectivity index (χ3v) is 7.46. The number of benzene rings is 1. The zero-order valence-electron chi connectivity index (χ0n) is 16.8. The molecule has 3 rings (SSSR count). The Morgan fingerprint density at radius 2 is 1.52 bits per heavy atom. The number of hydrogen-bond donors (Lipinski definition) is 3. The van der Waals surface area contributed by atoms with Gasteiger partial charge in [0, 0.05) is 22.1 Å². The highest BCUT2D eigenvalue weighted by Gasteiger charge is 2.56. The molecule has 0 saturated heterocycles. The Morgan fingerprint density at radius 3 is 2.08 bits per heavy atom. The van der Waals surface area contributed by atoms with Crippen LogP contribution in [0.4, 0.5) is 0 Å². The van der Waals surface area contributed by atoms with Crippen molar-refractivity contribution >= 4 is 0 Å². The first-order valence-electron chi connectivity index (χ1n) is 9.76. The summed E-state index contributed by atoms with van der Waals surface area (Å²) >= 11 is 0. The number of rotatable bonds is 1. The lowest BCUT2D eigenvalue weighted by atomic mass is 9.45. The Hall–Kier alpha value is -1.38. The first-order valence-corrected chi connectivity index (χ1v) is 9.76. The van der Waals surface area contributed by atoms with Crippen LogP contribution in [0.25, 0.3) is 0 Å². The fraction of sp³-hybridized carbons (Fsp3) is 0.727. The van der Waals surface area contributed by atoms with Crippen LogP contribution in [-0.4, -0.2) is 15.3 Å². The van der Waals surface area contributed by atoms with Gasteiger partial charge in [0.05, 0.1) is 0 Å². The van der Waals surface area contributed by atoms with E-state index in [9.17, 15) is 15.3 Å². The zero-order chi connectivity index (χ0) is 18.9. The van der Waals surface area contributed by atoms with E-state index in [2.05, 4.69) is 34.6 Å². The van der Waals surface area contributed by atoms with Gasteiger partial charge in [0.25, 0.3) is 0 Å². The van der Waals surface area contributed by atoms with E-state index in [1.807, 2.05) is 13.8 Å². The highest BCUT2D eigenvalue weighted by atomic mass is 16.3. The minimum Gasteiger partial charge on any atom is -0.507 e. The second-order valence-electron chi connectivity index (χ2n) is 9.79. The van der Waals surface area contributed by atoms with Gasteiger partial charge in [-0.15, -0.1) is 0 Å². The number of phenolic OH excluding ortho intramolecular Hbond substituents is 3. The summed E-state index contributed by atoms with van der Waals surface area (Å²) in [5, 5.41) is 32.8. The molecule has 2 aliphatic carbocycles. The summed E-state index contributed by atoms with van der Waals surface area (Å²) in [6, 6.07) is 0. The van der Waals surface area contributed by atoms with Crippen molar-refractivity contribution in [2.75, 3.05) is 0 Å². The molecule has 1 saturated carbocycles. The Kier molecular flexibility index (Phi) is 4.09. The van der Waals surface area contributed by atoms with Crippen LogP contribution >= 0.6 is 0 Å². The van der Waals surface area contributed by atoms with E-state index in [1.165, 1.54) is 6.42 Å². The van der Waals surface area contributed by atoms with Gasteiger partial charge in [0.2, 0.25) is 0 Å². The summed E-state index contributed by atoms with van der Waals surface area (Å²) in [4.78, 5) is 0. The van der Waals surface area contributed by atoms with Crippen LogP contribution < -0.4 is 0 Å². The highest BCUT2D eigenvalue weighted by molar-refractivity contribution is 5.66. The summed E-state index contributed by atoms with van der Waals surface area (Å²) in [7, 11) is 0. The maximum Gasteiger partial charge on any atom is 0.165 e. The molecule has 0 aliphatic heterocycles. The molecule has 2 aliphatic rings. The molecule has 4 unspecified atom stereocenters. The smallest absolute Gasteiger partial charge is 0.165 e. The summed E-state index contributed by atoms with van der Waals surface area (Å²) in [6.45, 7) is 15.2. The van der Waals surface area contributed by atoms with Gasteiger partial charge in [-0.1, -0.05) is 54.9 Å². The van der Waals surface area contributed by atoms with Gasteiger partial charge < -0.3 is 15.3 Å². The normalized spacial score (nSPS) is 33.8. The minimum atomic E-state index is -0.225. The van der Waals surface area contributed by atoms with Crippen LogP contribution in [-0.2, 0) is 5.41 Å². The highest BCUT2D eigenvalue weighted by Crippen LogP contribution is 2.66. The van der Waals surface area contributed by atoms with Gasteiger partial charge in [-0.3, -0.25) is 0 Å². The average Bonchev–Trinajstić information content (AvgIpc) is 2.47. The molecular formula is C22H34O3. The van der Waals surface area contributed by atoms with E-state index in [4.69, 9.17) is 0 Å². The molecule has 0 aromatic heterocycles. The van der Waals surface area contributed by atoms with Gasteiger partial charge in [-0.2, -0.15) is 0 Å². The van der Waals surface area contributed by atoms with Crippen molar-refractivity contribution in [3.05, 3.63) is 16.7 Å². The van der Waals surface area contributed by atoms with Crippen molar-refractivity contribution < 1.29 is 15.3 Å². The predicted molar refractivity (Wildman–Crippen MR) is 102 cm³/mol. The summed E-state index contributed by atoms with van der Waals surface area (Å²) in [5.41, 5.74) is 2.09. The van der Waals surface area contributed by atoms with Crippen LogP contribution in [0.15, 0.2) is 0 Å². The fourth-order valence-electron chi connectivity index (χ4n) is 6.53. The van der Waals surface area contributed by atoms with Gasteiger partial charge in [0.15, 0.2) is 11.5 Å². The van der Waals surface area contributed by atoms with Gasteiger partial charge in [0.1, 0.15) is 5.75 Å². The second-order valence-corrected chi connectivity index (χ2v) is 9.79. The first kappa shape index (κ1) is 18.4. The quantitative estimate of drug-likeness (QED) is 0.447. The molecule has 4 atom stereocenters. The molecule has 3 N–H and O–H groups in total. The number of fused-ring (bicyclic) bond motifs is 3. The molecular weight excluding hydrogens is 312 g/mol. The van der Waals surface area contributed by atoms with Crippen LogP contribution in [0.1, 0.15) is 96.3 Å². The molecule has 0 radical (unpaired) electrons. The minimum absolute atomic E-state index is 0.000417. The number of phenols is 3. The van der Waals surface area contributed by atoms with Crippen molar-refractivity contribution in [3.63, 3.8) is 0 Å². The standard InChI is InChI=1S/C22H34O3/c1-11(2)14-17(23)15-12(3)13(4)20-21(5,6)9-8-10-22(20,7)16(15)19(25)18(14)24/h11-13,20,23-25H,8-10H2,1-7H3. The maximum absolute atomic E-state index is 11.1. The van der Waals surface area contributed by atoms with Crippen LogP contribution in [0.5, 0.6) is 17.2 Å². The lowest BCUT2D eigenvalue weighted by molar-refractivity contribution is -0.00666. The van der Waals surface area contributed by atoms with Crippen molar-refractivity contribution in [1.82, 2.24) is 0 Å². The average molecular weight is 347 g/mol. The van der Waals surface area contributed by atoms with E-state index >= 15 is 0 Å². The molecule has 140 valence electrons. The largest absolute Gasteiger partial charge is 0.507 e. The lowest BCUT2D eigenvalue weighted by Crippen LogP contribution is -2.52. The summed E-state index contributed by atoms with van der Waals surface area (Å²) < 4.78 is 0. The van der Waals surface area contributed by atoms with Crippen LogP contribution in [0.3, 0.4) is 0 Å². The molecule has 0 amide bonds. The Bertz CT molecular complexity index is 704. The van der Waals surface area contributed by atoms with Crippen LogP contribution in [0.2, 0.25) is 0 Å². The van der Waals surface area contributed by atoms with E-state index in [-0.39, 0.29) is 39.9 Å². The fourth-order valence-corrected chi connectivity index (χ4v) is 6.53. The molecule has 3 heteroatoms. The maximum atomic E-state index is 11.1. The van der Waals surface area contributed by atoms with E-state index in [0.29, 0.717) is 17.4 Å². The number of aromatic hydroxyl groups is 3. The topological polar surface area (TPSA) is 60.7 Å². The lowest BCUT2D eigenvalue weighted by Gasteiger charge is -2.58. The third-order valence-electron chi connectivity index (χ3n) is 7.46. The van der Waals surface area contributed by atoms with Crippen molar-refractivity contribution in [1.29, 1.82) is 0 Å². The summed E-state index contributed by atoms with van der Waals surface area (Å²) in [6.07, 6.45) is 3.27. The summed E-state index contributed by atoms with van der Waals surface area (Å²) in [5.74, 6) is 0.981. The molecule has 1 aromatic rings. The zero-order valence-corrected chi connectivity index (χ0v) is 16.8. The molecule has 0 bridgehead atoms. The first-order chi connectivity index (χ1) is 11.4. The van der Waals surface area contributed by atoms with E-state index in [1.54, 1.807) is 0 Å². The molecule has 0 heterocycles. The van der Waals surface area contributed by atoms with E-state index in [0.717, 1.165) is 24.0 Å². The molecule has 3 nitrogen and oxygen atoms in total. The second kappa shape index (κ2) is 5.56. The van der Waals surface area contributed by atoms with Crippen molar-refractivity contribution in [2.45, 2.75) is 85.0 Å². The van der Waals surface area contributed by atoms with Crippen molar-refractivity contribution in [2.24, 2.45) is 17.3 Å². The Balaban J connectivity index is 2.39. The van der Waals surface area contributed by atoms with Gasteiger partial charge >= 0.3 is 0 Å². The molecule has 0 spiro atoms. The Labute approximate surface area is 152 Å². The van der Waals surface area contributed by atoms with Gasteiger partial charge in [-0.25, -0.2) is 0 Å². The molecule has 1 aromatic carbocycles. The van der Waals surface area contributed by atoms with Gasteiger partial charge in [-0.05, 0) is 41.9 Å². The molecule has 1 fully saturated rings. The monoisotopic (exact) mass is 346 g/mol. The SMILES string of the molecule is CC(C)c1c(O)c(O)c2c(c1O)C(C)C(C)C1C(C)(C)CCCC21C. The number of hydrogen-bond acceptors (Lipinski definition) is 3. The third kappa shape index (κ3) is 2.30. The van der Waals surface area contributed by atoms with Crippen LogP contribution in [0, 0.1) is 17.3 Å². The Morgan fingerprint density at radius 1 is 0.920 bits per heavy atom. The van der Waals surface area contributed by atoms with Crippen molar-refractivity contribution in [3.8, 4) is 17.2 Å². The molecule has 25 heavy (non-hydrogen) atoms. The van der Waals surface area contributed by atoms with E-state index < -0.39 is 0 Å². The predicted octanol–water partition coefficient (Wildman–Crippen LogP) is 5.76.